The van der Waals surface area contributed by atoms with Crippen molar-refractivity contribution in [2.24, 2.45) is 9.98 Å². The van der Waals surface area contributed by atoms with Crippen LogP contribution >= 0.6 is 0 Å². The fourth-order valence-electron chi connectivity index (χ4n) is 6.57. The van der Waals surface area contributed by atoms with E-state index in [-0.39, 0.29) is 20.4 Å². The summed E-state index contributed by atoms with van der Waals surface area (Å²) in [6.45, 7) is 9.16. The van der Waals surface area contributed by atoms with Gasteiger partial charge in [0, 0.05) is 20.4 Å². The fourth-order valence-corrected chi connectivity index (χ4v) is 6.57. The Morgan fingerprint density at radius 2 is 0.765 bits per heavy atom. The Morgan fingerprint density at radius 3 is 1.20 bits per heavy atom. The Kier molecular flexibility index (Phi) is 31.1. The average Bonchev–Trinajstić information content (AvgIpc) is 3.14. The summed E-state index contributed by atoms with van der Waals surface area (Å²) in [7, 11) is 0. The largest absolute Gasteiger partial charge is 0.251 e. The number of nitrogens with zero attached hydrogens (tertiary/aromatic N) is 2. The molecular weight excluding hydrogens is 711 g/mol. The second kappa shape index (κ2) is 33.7. The molecule has 2 aromatic carbocycles. The first-order valence-corrected chi connectivity index (χ1v) is 21.3. The van der Waals surface area contributed by atoms with Crippen LogP contribution < -0.4 is 0 Å². The van der Waals surface area contributed by atoms with Crippen LogP contribution in [0.1, 0.15) is 193 Å². The molecule has 0 aliphatic heterocycles. The summed E-state index contributed by atoms with van der Waals surface area (Å²) in [6.07, 6.45) is 41.7. The number of rotatable bonds is 31. The van der Waals surface area contributed by atoms with Gasteiger partial charge in [-0.3, -0.25) is 9.98 Å². The maximum Gasteiger partial charge on any atom is 0.0665 e. The zero-order valence-corrected chi connectivity index (χ0v) is 35.1. The van der Waals surface area contributed by atoms with Gasteiger partial charge < -0.3 is 0 Å². The van der Waals surface area contributed by atoms with Crippen molar-refractivity contribution in [2.45, 2.75) is 195 Å². The molecule has 0 N–H and O–H groups in total. The van der Waals surface area contributed by atoms with Crippen LogP contribution in [0, 0.1) is 0 Å². The second-order valence-electron chi connectivity index (χ2n) is 14.4. The molecule has 0 unspecified atom stereocenters. The van der Waals surface area contributed by atoms with Gasteiger partial charge in [0.25, 0.3) is 0 Å². The molecule has 0 atom stereocenters. The SMILES string of the molecule is CCCCCCC/C=C/CCCc1ccccc1/N=C(CCCC)\C(CCCCCC)=N\c1ccccc1CCC/C=C/CCCCCCC.[Pd]. The fraction of sp³-hybridized carbons (Fsp3) is 0.625. The molecule has 0 fully saturated rings. The standard InChI is InChI=1S/C48H76N2.Pd/c1-5-9-13-16-18-20-22-24-26-28-35-43-37-31-33-40-45(43)49-47(39-12-8-4)48(42-30-15-11-7-3)50-46-41-34-32-38-44(46)36-29-27-25-23-21-19-17-14-10-6-2;/h22-25,31-34,37-38,40-41H,5-21,26-30,35-36,39,42H2,1-4H3;/b24-22+,25-23+,49-47-,50-48+;. The molecule has 0 aliphatic carbocycles. The van der Waals surface area contributed by atoms with E-state index in [0.29, 0.717) is 0 Å². The molecule has 2 aromatic rings. The average molecular weight is 788 g/mol. The summed E-state index contributed by atoms with van der Waals surface area (Å²) < 4.78 is 0. The van der Waals surface area contributed by atoms with E-state index in [0.717, 1.165) is 62.7 Å². The van der Waals surface area contributed by atoms with E-state index in [2.05, 4.69) is 101 Å². The van der Waals surface area contributed by atoms with Crippen molar-refractivity contribution in [1.29, 1.82) is 0 Å². The van der Waals surface area contributed by atoms with Crippen molar-refractivity contribution in [2.75, 3.05) is 0 Å². The summed E-state index contributed by atoms with van der Waals surface area (Å²) in [4.78, 5) is 11.0. The van der Waals surface area contributed by atoms with Gasteiger partial charge in [0.2, 0.25) is 0 Å². The van der Waals surface area contributed by atoms with Gasteiger partial charge in [0.15, 0.2) is 0 Å². The van der Waals surface area contributed by atoms with Crippen LogP contribution in [0.3, 0.4) is 0 Å². The summed E-state index contributed by atoms with van der Waals surface area (Å²) in [5.74, 6) is 0. The molecular formula is C48H76N2Pd. The molecule has 0 amide bonds. The van der Waals surface area contributed by atoms with Crippen molar-refractivity contribution in [3.63, 3.8) is 0 Å². The minimum Gasteiger partial charge on any atom is -0.251 e. The van der Waals surface area contributed by atoms with Crippen LogP contribution in [-0.2, 0) is 33.3 Å². The minimum atomic E-state index is 0. The second-order valence-corrected chi connectivity index (χ2v) is 14.4. The molecule has 0 aromatic heterocycles. The molecule has 0 bridgehead atoms. The first-order valence-electron chi connectivity index (χ1n) is 21.3. The van der Waals surface area contributed by atoms with E-state index in [9.17, 15) is 0 Å². The van der Waals surface area contributed by atoms with Gasteiger partial charge in [-0.05, 0) is 113 Å². The molecule has 2 rings (SSSR count). The van der Waals surface area contributed by atoms with Crippen molar-refractivity contribution >= 4 is 22.8 Å². The van der Waals surface area contributed by atoms with Gasteiger partial charge in [-0.15, -0.1) is 0 Å². The van der Waals surface area contributed by atoms with Gasteiger partial charge in [0.1, 0.15) is 0 Å². The third-order valence-electron chi connectivity index (χ3n) is 9.78. The number of benzene rings is 2. The predicted molar refractivity (Wildman–Crippen MR) is 226 cm³/mol. The molecule has 0 saturated carbocycles. The Hall–Kier alpha value is -2.08. The van der Waals surface area contributed by atoms with Gasteiger partial charge in [-0.1, -0.05) is 165 Å². The topological polar surface area (TPSA) is 24.7 Å². The number of para-hydroxylation sites is 2. The first-order chi connectivity index (χ1) is 24.7. The third kappa shape index (κ3) is 23.3. The summed E-state index contributed by atoms with van der Waals surface area (Å²) in [5.41, 5.74) is 7.44. The minimum absolute atomic E-state index is 0. The quantitative estimate of drug-likeness (QED) is 0.0315. The zero-order chi connectivity index (χ0) is 35.7. The number of aliphatic imine (C=N–C) groups is 2. The summed E-state index contributed by atoms with van der Waals surface area (Å²) in [5, 5.41) is 0. The molecule has 0 saturated heterocycles. The van der Waals surface area contributed by atoms with Gasteiger partial charge >= 0.3 is 0 Å². The van der Waals surface area contributed by atoms with Crippen LogP contribution in [0.2, 0.25) is 0 Å². The summed E-state index contributed by atoms with van der Waals surface area (Å²) in [6, 6.07) is 17.7. The van der Waals surface area contributed by atoms with E-state index in [1.54, 1.807) is 0 Å². The van der Waals surface area contributed by atoms with Crippen molar-refractivity contribution < 1.29 is 20.4 Å². The molecule has 2 nitrogen and oxygen atoms in total. The van der Waals surface area contributed by atoms with E-state index in [4.69, 9.17) is 9.98 Å². The van der Waals surface area contributed by atoms with Crippen LogP contribution in [0.15, 0.2) is 82.8 Å². The molecule has 0 heterocycles. The number of unbranched alkanes of at least 4 members (excludes halogenated alkanes) is 16. The van der Waals surface area contributed by atoms with Crippen LogP contribution in [0.25, 0.3) is 0 Å². The summed E-state index contributed by atoms with van der Waals surface area (Å²) >= 11 is 0. The Labute approximate surface area is 330 Å². The molecule has 0 aliphatic rings. The molecule has 288 valence electrons. The molecule has 0 spiro atoms. The van der Waals surface area contributed by atoms with Gasteiger partial charge in [-0.2, -0.15) is 0 Å². The van der Waals surface area contributed by atoms with Gasteiger partial charge in [0.05, 0.1) is 22.8 Å². The van der Waals surface area contributed by atoms with Crippen molar-refractivity contribution in [3.05, 3.63) is 84.0 Å². The van der Waals surface area contributed by atoms with Crippen LogP contribution in [-0.4, -0.2) is 11.4 Å². The van der Waals surface area contributed by atoms with Crippen LogP contribution in [0.5, 0.6) is 0 Å². The van der Waals surface area contributed by atoms with Crippen LogP contribution in [0.4, 0.5) is 11.4 Å². The Bertz CT molecular complexity index is 1220. The monoisotopic (exact) mass is 787 g/mol. The van der Waals surface area contributed by atoms with E-state index in [1.165, 1.54) is 138 Å². The third-order valence-corrected chi connectivity index (χ3v) is 9.78. The van der Waals surface area contributed by atoms with Crippen molar-refractivity contribution in [1.82, 2.24) is 0 Å². The number of hydrogen-bond acceptors (Lipinski definition) is 2. The molecule has 3 heteroatoms. The maximum absolute atomic E-state index is 5.49. The Balaban J connectivity index is 0.0000130. The van der Waals surface area contributed by atoms with E-state index >= 15 is 0 Å². The van der Waals surface area contributed by atoms with Gasteiger partial charge in [-0.25, -0.2) is 0 Å². The number of allylic oxidation sites excluding steroid dienone is 4. The Morgan fingerprint density at radius 1 is 0.412 bits per heavy atom. The van der Waals surface area contributed by atoms with Crippen molar-refractivity contribution in [3.8, 4) is 0 Å². The van der Waals surface area contributed by atoms with E-state index < -0.39 is 0 Å². The molecule has 51 heavy (non-hydrogen) atoms. The number of aryl methyl sites for hydroxylation is 2. The zero-order valence-electron chi connectivity index (χ0n) is 33.5. The van der Waals surface area contributed by atoms with E-state index in [1.807, 2.05) is 0 Å². The number of hydrogen-bond donors (Lipinski definition) is 0. The smallest absolute Gasteiger partial charge is 0.0665 e. The maximum atomic E-state index is 5.49. The molecule has 0 radical (unpaired) electrons. The normalized spacial score (nSPS) is 12.3. The predicted octanol–water partition coefficient (Wildman–Crippen LogP) is 16.2. The first kappa shape index (κ1) is 46.9.